The predicted octanol–water partition coefficient (Wildman–Crippen LogP) is 3.79. The van der Waals surface area contributed by atoms with E-state index in [2.05, 4.69) is 0 Å². The van der Waals surface area contributed by atoms with Gasteiger partial charge in [-0.05, 0) is 24.3 Å². The molecule has 0 saturated carbocycles. The molecular weight excluding hydrogens is 217 g/mol. The first-order valence-corrected chi connectivity index (χ1v) is 5.12. The van der Waals surface area contributed by atoms with Crippen molar-refractivity contribution in [3.05, 3.63) is 53.7 Å². The van der Waals surface area contributed by atoms with Gasteiger partial charge < -0.3 is 4.90 Å². The van der Waals surface area contributed by atoms with E-state index in [1.807, 2.05) is 53.6 Å². The molecule has 2 rings (SSSR count). The van der Waals surface area contributed by atoms with Crippen molar-refractivity contribution < 1.29 is 0 Å². The fraction of sp³-hybridized carbons (Fsp3) is 0.0909. The van der Waals surface area contributed by atoms with E-state index in [1.165, 1.54) is 0 Å². The van der Waals surface area contributed by atoms with Crippen molar-refractivity contribution in [2.45, 2.75) is 5.50 Å². The molecule has 3 heteroatoms. The summed E-state index contributed by atoms with van der Waals surface area (Å²) in [7, 11) is 0. The van der Waals surface area contributed by atoms with Crippen molar-refractivity contribution in [2.75, 3.05) is 4.90 Å². The summed E-state index contributed by atoms with van der Waals surface area (Å²) in [6.45, 7) is 0. The number of anilines is 1. The van der Waals surface area contributed by atoms with Crippen LogP contribution in [0.1, 0.15) is 0 Å². The Morgan fingerprint density at radius 2 is 1.93 bits per heavy atom. The molecule has 1 heterocycles. The molecule has 1 nitrogen and oxygen atoms in total. The first kappa shape index (κ1) is 9.63. The van der Waals surface area contributed by atoms with E-state index in [1.54, 1.807) is 0 Å². The fourth-order valence-electron chi connectivity index (χ4n) is 1.35. The van der Waals surface area contributed by atoms with Gasteiger partial charge in [-0.1, -0.05) is 41.4 Å². The van der Waals surface area contributed by atoms with E-state index in [9.17, 15) is 0 Å². The SMILES string of the molecule is Clc1ccccc1N1C=CC=CC1Cl. The molecule has 0 spiro atoms. The average Bonchev–Trinajstić information content (AvgIpc) is 2.20. The predicted molar refractivity (Wildman–Crippen MR) is 61.9 cm³/mol. The van der Waals surface area contributed by atoms with Crippen LogP contribution in [0.4, 0.5) is 5.69 Å². The van der Waals surface area contributed by atoms with E-state index in [-0.39, 0.29) is 5.50 Å². The molecule has 1 aromatic carbocycles. The molecule has 0 amide bonds. The maximum atomic E-state index is 6.12. The van der Waals surface area contributed by atoms with Crippen LogP contribution in [-0.2, 0) is 0 Å². The van der Waals surface area contributed by atoms with Gasteiger partial charge in [0.05, 0.1) is 10.7 Å². The lowest BCUT2D eigenvalue weighted by Crippen LogP contribution is -2.25. The quantitative estimate of drug-likeness (QED) is 0.520. The summed E-state index contributed by atoms with van der Waals surface area (Å²) < 4.78 is 0. The molecule has 0 radical (unpaired) electrons. The summed E-state index contributed by atoms with van der Waals surface area (Å²) in [6, 6.07) is 7.64. The van der Waals surface area contributed by atoms with Crippen LogP contribution in [0.3, 0.4) is 0 Å². The highest BCUT2D eigenvalue weighted by atomic mass is 35.5. The van der Waals surface area contributed by atoms with Crippen molar-refractivity contribution in [2.24, 2.45) is 0 Å². The Labute approximate surface area is 93.2 Å². The van der Waals surface area contributed by atoms with Crippen LogP contribution in [0.2, 0.25) is 5.02 Å². The highest BCUT2D eigenvalue weighted by molar-refractivity contribution is 6.33. The number of rotatable bonds is 1. The van der Waals surface area contributed by atoms with Gasteiger partial charge in [-0.3, -0.25) is 0 Å². The third kappa shape index (κ3) is 1.79. The third-order valence-electron chi connectivity index (χ3n) is 2.02. The zero-order chi connectivity index (χ0) is 9.97. The number of allylic oxidation sites excluding steroid dienone is 2. The van der Waals surface area contributed by atoms with Crippen molar-refractivity contribution in [1.29, 1.82) is 0 Å². The number of hydrogen-bond acceptors (Lipinski definition) is 1. The zero-order valence-electron chi connectivity index (χ0n) is 7.40. The standard InChI is InChI=1S/C11H9Cl2N/c12-9-5-1-2-6-10(9)14-8-4-3-7-11(14)13/h1-8,11H. The molecule has 0 bridgehead atoms. The number of para-hydroxylation sites is 1. The lowest BCUT2D eigenvalue weighted by molar-refractivity contribution is 1.00. The summed E-state index contributed by atoms with van der Waals surface area (Å²) in [5, 5.41) is 0.707. The Kier molecular flexibility index (Phi) is 2.80. The van der Waals surface area contributed by atoms with E-state index in [0.29, 0.717) is 5.02 Å². The Bertz CT molecular complexity index is 385. The van der Waals surface area contributed by atoms with E-state index >= 15 is 0 Å². The number of benzene rings is 1. The highest BCUT2D eigenvalue weighted by Crippen LogP contribution is 2.29. The number of halogens is 2. The maximum absolute atomic E-state index is 6.12. The summed E-state index contributed by atoms with van der Waals surface area (Å²) in [5.41, 5.74) is 0.759. The molecule has 14 heavy (non-hydrogen) atoms. The van der Waals surface area contributed by atoms with Gasteiger partial charge in [-0.25, -0.2) is 0 Å². The van der Waals surface area contributed by atoms with Gasteiger partial charge in [0.1, 0.15) is 5.50 Å². The first-order chi connectivity index (χ1) is 6.79. The largest absolute Gasteiger partial charge is 0.326 e. The van der Waals surface area contributed by atoms with Crippen LogP contribution in [0.5, 0.6) is 0 Å². The second kappa shape index (κ2) is 4.07. The summed E-state index contributed by atoms with van der Waals surface area (Å²) >= 11 is 12.2. The van der Waals surface area contributed by atoms with Crippen LogP contribution in [-0.4, -0.2) is 5.50 Å². The van der Waals surface area contributed by atoms with Gasteiger partial charge in [0, 0.05) is 6.20 Å². The van der Waals surface area contributed by atoms with Crippen LogP contribution < -0.4 is 4.90 Å². The maximum Gasteiger partial charge on any atom is 0.127 e. The van der Waals surface area contributed by atoms with Gasteiger partial charge in [-0.15, -0.1) is 0 Å². The minimum atomic E-state index is -0.167. The van der Waals surface area contributed by atoms with E-state index < -0.39 is 0 Å². The zero-order valence-corrected chi connectivity index (χ0v) is 8.91. The normalized spacial score (nSPS) is 20.1. The fourth-order valence-corrected chi connectivity index (χ4v) is 1.84. The third-order valence-corrected chi connectivity index (χ3v) is 2.70. The van der Waals surface area contributed by atoms with Crippen molar-refractivity contribution in [3.8, 4) is 0 Å². The molecule has 0 saturated heterocycles. The van der Waals surface area contributed by atoms with Gasteiger partial charge in [0.25, 0.3) is 0 Å². The molecule has 0 aliphatic carbocycles. The number of hydrogen-bond donors (Lipinski definition) is 0. The molecule has 1 atom stereocenters. The minimum Gasteiger partial charge on any atom is -0.326 e. The van der Waals surface area contributed by atoms with Gasteiger partial charge in [0.15, 0.2) is 0 Å². The average molecular weight is 226 g/mol. The summed E-state index contributed by atoms with van der Waals surface area (Å²) in [6.07, 6.45) is 7.68. The van der Waals surface area contributed by atoms with Crippen LogP contribution in [0.25, 0.3) is 0 Å². The topological polar surface area (TPSA) is 3.24 Å². The molecule has 0 aromatic heterocycles. The Hall–Kier alpha value is -0.920. The molecular formula is C11H9Cl2N. The molecule has 1 aliphatic heterocycles. The lowest BCUT2D eigenvalue weighted by atomic mass is 10.2. The molecule has 0 N–H and O–H groups in total. The van der Waals surface area contributed by atoms with Crippen molar-refractivity contribution >= 4 is 28.9 Å². The monoisotopic (exact) mass is 225 g/mol. The highest BCUT2D eigenvalue weighted by Gasteiger charge is 2.15. The first-order valence-electron chi connectivity index (χ1n) is 4.31. The Morgan fingerprint density at radius 3 is 2.64 bits per heavy atom. The van der Waals surface area contributed by atoms with Gasteiger partial charge >= 0.3 is 0 Å². The summed E-state index contributed by atoms with van der Waals surface area (Å²) in [5.74, 6) is 0. The lowest BCUT2D eigenvalue weighted by Gasteiger charge is -2.26. The van der Waals surface area contributed by atoms with Gasteiger partial charge in [-0.2, -0.15) is 0 Å². The summed E-state index contributed by atoms with van der Waals surface area (Å²) in [4.78, 5) is 1.92. The van der Waals surface area contributed by atoms with Gasteiger partial charge in [0.2, 0.25) is 0 Å². The molecule has 0 fully saturated rings. The number of alkyl halides is 1. The molecule has 1 aliphatic rings. The Morgan fingerprint density at radius 1 is 1.14 bits per heavy atom. The Balaban J connectivity index is 2.36. The molecule has 1 unspecified atom stereocenters. The van der Waals surface area contributed by atoms with Crippen molar-refractivity contribution in [1.82, 2.24) is 0 Å². The molecule has 1 aromatic rings. The second-order valence-corrected chi connectivity index (χ2v) is 3.81. The van der Waals surface area contributed by atoms with Crippen LogP contribution in [0.15, 0.2) is 48.7 Å². The van der Waals surface area contributed by atoms with Crippen LogP contribution >= 0.6 is 23.2 Å². The number of nitrogens with zero attached hydrogens (tertiary/aromatic N) is 1. The van der Waals surface area contributed by atoms with E-state index in [4.69, 9.17) is 23.2 Å². The smallest absolute Gasteiger partial charge is 0.127 e. The van der Waals surface area contributed by atoms with Crippen molar-refractivity contribution in [3.63, 3.8) is 0 Å². The molecule has 72 valence electrons. The minimum absolute atomic E-state index is 0.167. The van der Waals surface area contributed by atoms with E-state index in [0.717, 1.165) is 5.69 Å². The second-order valence-electron chi connectivity index (χ2n) is 2.96. The van der Waals surface area contributed by atoms with Crippen LogP contribution in [0, 0.1) is 0 Å².